The number of piperazine rings is 1. The van der Waals surface area contributed by atoms with Crippen molar-refractivity contribution >= 4 is 39.8 Å². The smallest absolute Gasteiger partial charge is 0.318 e. The maximum atomic E-state index is 12.6. The van der Waals surface area contributed by atoms with E-state index in [4.69, 9.17) is 32.9 Å². The number of carbonyl (C=O) groups is 1. The van der Waals surface area contributed by atoms with E-state index in [9.17, 15) is 4.79 Å². The highest BCUT2D eigenvalue weighted by atomic mass is 35.5. The van der Waals surface area contributed by atoms with Crippen LogP contribution in [0.3, 0.4) is 0 Å². The van der Waals surface area contributed by atoms with Gasteiger partial charge >= 0.3 is 6.01 Å². The fourth-order valence-electron chi connectivity index (χ4n) is 6.51. The molecule has 0 radical (unpaired) electrons. The summed E-state index contributed by atoms with van der Waals surface area (Å²) in [6.45, 7) is 18.2. The SMILES string of the molecule is [C-]#[N+]C[C@H]1CN(c2nc(O[C@@H](C)CN(C)CC3CC3)nc3c2CCN(c2cncc4cccc(Cl)c24)C3)CCN1C(=O)C=C. The first kappa shape index (κ1) is 30.1. The van der Waals surface area contributed by atoms with Crippen molar-refractivity contribution in [3.8, 4) is 6.01 Å². The number of carbonyl (C=O) groups excluding carboxylic acids is 1. The van der Waals surface area contributed by atoms with E-state index >= 15 is 0 Å². The molecule has 0 N–H and O–H groups in total. The maximum absolute atomic E-state index is 12.6. The summed E-state index contributed by atoms with van der Waals surface area (Å²) in [5.41, 5.74) is 2.96. The largest absolute Gasteiger partial charge is 0.459 e. The number of pyridine rings is 1. The molecule has 2 atom stereocenters. The molecule has 2 aromatic heterocycles. The van der Waals surface area contributed by atoms with Crippen molar-refractivity contribution in [2.45, 2.75) is 44.9 Å². The lowest BCUT2D eigenvalue weighted by molar-refractivity contribution is -0.128. The molecule has 11 heteroatoms. The van der Waals surface area contributed by atoms with Gasteiger partial charge < -0.3 is 29.2 Å². The number of hydrogen-bond donors (Lipinski definition) is 0. The number of benzene rings is 1. The number of hydrogen-bond acceptors (Lipinski definition) is 8. The first-order chi connectivity index (χ1) is 21.3. The van der Waals surface area contributed by atoms with Crippen molar-refractivity contribution in [1.29, 1.82) is 0 Å². The fraction of sp³-hybridized carbons (Fsp3) is 0.485. The van der Waals surface area contributed by atoms with Gasteiger partial charge in [0.2, 0.25) is 12.5 Å². The average molecular weight is 615 g/mol. The van der Waals surface area contributed by atoms with Crippen molar-refractivity contribution in [1.82, 2.24) is 24.8 Å². The summed E-state index contributed by atoms with van der Waals surface area (Å²) in [5, 5.41) is 2.67. The van der Waals surface area contributed by atoms with Crippen molar-refractivity contribution < 1.29 is 9.53 Å². The van der Waals surface area contributed by atoms with Crippen LogP contribution in [0.15, 0.2) is 43.2 Å². The number of ether oxygens (including phenoxy) is 1. The van der Waals surface area contributed by atoms with Crippen LogP contribution >= 0.6 is 11.6 Å². The van der Waals surface area contributed by atoms with Gasteiger partial charge in [0.1, 0.15) is 18.0 Å². The number of halogens is 1. The third-order valence-electron chi connectivity index (χ3n) is 8.76. The van der Waals surface area contributed by atoms with E-state index in [-0.39, 0.29) is 24.6 Å². The quantitative estimate of drug-likeness (QED) is 0.244. The van der Waals surface area contributed by atoms with Gasteiger partial charge in [0.15, 0.2) is 0 Å². The molecular weight excluding hydrogens is 576 g/mol. The molecule has 0 bridgehead atoms. The molecule has 10 nitrogen and oxygen atoms in total. The van der Waals surface area contributed by atoms with Gasteiger partial charge in [-0.3, -0.25) is 9.78 Å². The summed E-state index contributed by atoms with van der Waals surface area (Å²) in [4.78, 5) is 39.2. The Labute approximate surface area is 264 Å². The van der Waals surface area contributed by atoms with Gasteiger partial charge in [-0.15, -0.1) is 0 Å². The van der Waals surface area contributed by atoms with Gasteiger partial charge in [-0.25, -0.2) is 6.57 Å². The van der Waals surface area contributed by atoms with Crippen molar-refractivity contribution in [2.24, 2.45) is 5.92 Å². The molecule has 1 amide bonds. The predicted octanol–water partition coefficient (Wildman–Crippen LogP) is 4.47. The Balaban J connectivity index is 1.32. The molecule has 3 aliphatic rings. The van der Waals surface area contributed by atoms with Crippen LogP contribution in [-0.2, 0) is 17.8 Å². The maximum Gasteiger partial charge on any atom is 0.318 e. The van der Waals surface area contributed by atoms with E-state index in [1.807, 2.05) is 30.6 Å². The summed E-state index contributed by atoms with van der Waals surface area (Å²) in [5.74, 6) is 1.49. The Kier molecular flexibility index (Phi) is 8.87. The lowest BCUT2D eigenvalue weighted by Gasteiger charge is -2.41. The van der Waals surface area contributed by atoms with E-state index in [0.29, 0.717) is 37.2 Å². The molecule has 1 saturated heterocycles. The highest BCUT2D eigenvalue weighted by Gasteiger charge is 2.35. The van der Waals surface area contributed by atoms with Crippen LogP contribution in [0.4, 0.5) is 11.5 Å². The van der Waals surface area contributed by atoms with Gasteiger partial charge in [0, 0.05) is 61.8 Å². The molecule has 1 aromatic carbocycles. The molecule has 1 saturated carbocycles. The Morgan fingerprint density at radius 3 is 2.86 bits per heavy atom. The van der Waals surface area contributed by atoms with E-state index in [2.05, 4.69) is 45.1 Å². The molecule has 1 aliphatic carbocycles. The van der Waals surface area contributed by atoms with Crippen LogP contribution in [0.1, 0.15) is 31.0 Å². The summed E-state index contributed by atoms with van der Waals surface area (Å²) >= 11 is 6.69. The minimum Gasteiger partial charge on any atom is -0.459 e. The van der Waals surface area contributed by atoms with Gasteiger partial charge in [-0.2, -0.15) is 9.97 Å². The molecular formula is C33H39ClN8O2. The zero-order valence-corrected chi connectivity index (χ0v) is 26.2. The lowest BCUT2D eigenvalue weighted by atomic mass is 10.0. The fourth-order valence-corrected chi connectivity index (χ4v) is 6.79. The van der Waals surface area contributed by atoms with Gasteiger partial charge in [-0.05, 0) is 51.3 Å². The Morgan fingerprint density at radius 2 is 2.09 bits per heavy atom. The number of nitrogens with zero attached hydrogens (tertiary/aromatic N) is 8. The highest BCUT2D eigenvalue weighted by Crippen LogP contribution is 2.37. The topological polar surface area (TPSA) is 82.3 Å². The highest BCUT2D eigenvalue weighted by molar-refractivity contribution is 6.36. The molecule has 44 heavy (non-hydrogen) atoms. The molecule has 2 fully saturated rings. The lowest BCUT2D eigenvalue weighted by Crippen LogP contribution is -2.56. The van der Waals surface area contributed by atoms with Crippen LogP contribution in [0, 0.1) is 12.5 Å². The van der Waals surface area contributed by atoms with Crippen LogP contribution in [0.25, 0.3) is 15.6 Å². The van der Waals surface area contributed by atoms with Gasteiger partial charge in [-0.1, -0.05) is 30.3 Å². The van der Waals surface area contributed by atoms with Crippen molar-refractivity contribution in [3.63, 3.8) is 0 Å². The third-order valence-corrected chi connectivity index (χ3v) is 9.08. The Hall–Kier alpha value is -3.94. The van der Waals surface area contributed by atoms with Gasteiger partial charge in [0.25, 0.3) is 0 Å². The molecule has 4 heterocycles. The Morgan fingerprint density at radius 1 is 1.25 bits per heavy atom. The number of aromatic nitrogens is 3. The zero-order valence-electron chi connectivity index (χ0n) is 25.5. The Bertz CT molecular complexity index is 1580. The van der Waals surface area contributed by atoms with E-state index in [0.717, 1.165) is 65.5 Å². The number of amides is 1. The van der Waals surface area contributed by atoms with Crippen LogP contribution in [0.2, 0.25) is 5.02 Å². The van der Waals surface area contributed by atoms with Crippen LogP contribution in [-0.4, -0.2) is 95.7 Å². The second-order valence-electron chi connectivity index (χ2n) is 12.2. The second-order valence-corrected chi connectivity index (χ2v) is 12.6. The average Bonchev–Trinajstić information content (AvgIpc) is 3.83. The molecule has 0 spiro atoms. The standard InChI is InChI=1S/C33H39ClN8O2/c1-5-30(43)42-14-13-41(20-25(42)16-35-3)32-26-11-12-40(29-17-36-15-24-7-6-8-27(34)31(24)29)21-28(26)37-33(38-32)44-22(2)18-39(4)19-23-9-10-23/h5-8,15,17,22-23,25H,1,9-14,16,18-21H2,2,4H3/t22-,25-/m0/s1. The molecule has 2 aliphatic heterocycles. The summed E-state index contributed by atoms with van der Waals surface area (Å²) in [7, 11) is 2.14. The number of anilines is 2. The summed E-state index contributed by atoms with van der Waals surface area (Å²) < 4.78 is 6.40. The van der Waals surface area contributed by atoms with E-state index < -0.39 is 0 Å². The first-order valence-electron chi connectivity index (χ1n) is 15.4. The molecule has 3 aromatic rings. The minimum absolute atomic E-state index is 0.0951. The summed E-state index contributed by atoms with van der Waals surface area (Å²) in [6, 6.07) is 5.99. The normalized spacial score (nSPS) is 19.1. The van der Waals surface area contributed by atoms with E-state index in [1.165, 1.54) is 18.9 Å². The molecule has 6 rings (SSSR count). The van der Waals surface area contributed by atoms with Crippen molar-refractivity contribution in [2.75, 3.05) is 62.7 Å². The zero-order chi connectivity index (χ0) is 30.8. The number of likely N-dealkylation sites (N-methyl/N-ethyl adjacent to an activating group) is 1. The monoisotopic (exact) mass is 614 g/mol. The minimum atomic E-state index is -0.249. The van der Waals surface area contributed by atoms with Crippen molar-refractivity contribution in [3.05, 3.63) is 70.9 Å². The van der Waals surface area contributed by atoms with E-state index in [1.54, 1.807) is 4.90 Å². The molecule has 0 unspecified atom stereocenters. The predicted molar refractivity (Wildman–Crippen MR) is 173 cm³/mol. The second kappa shape index (κ2) is 13.0. The van der Waals surface area contributed by atoms with Crippen LogP contribution in [0.5, 0.6) is 6.01 Å². The molecule has 230 valence electrons. The summed E-state index contributed by atoms with van der Waals surface area (Å²) in [6.07, 6.45) is 8.30. The van der Waals surface area contributed by atoms with Gasteiger partial charge in [0.05, 0.1) is 29.1 Å². The third kappa shape index (κ3) is 6.44. The first-order valence-corrected chi connectivity index (χ1v) is 15.8. The number of rotatable bonds is 10. The van der Waals surface area contributed by atoms with Crippen LogP contribution < -0.4 is 14.5 Å². The number of fused-ring (bicyclic) bond motifs is 2.